The first-order valence-electron chi connectivity index (χ1n) is 4.36. The average molecular weight is 199 g/mol. The highest BCUT2D eigenvalue weighted by atomic mass is 32.2. The van der Waals surface area contributed by atoms with Crippen LogP contribution in [0.4, 0.5) is 0 Å². The van der Waals surface area contributed by atoms with Crippen LogP contribution in [0, 0.1) is 0 Å². The third kappa shape index (κ3) is 1.90. The van der Waals surface area contributed by atoms with Gasteiger partial charge in [0.2, 0.25) is 0 Å². The van der Waals surface area contributed by atoms with Crippen molar-refractivity contribution >= 4 is 11.8 Å². The lowest BCUT2D eigenvalue weighted by molar-refractivity contribution is 0.242. The Morgan fingerprint density at radius 2 is 2.54 bits per heavy atom. The van der Waals surface area contributed by atoms with Crippen LogP contribution in [0.25, 0.3) is 0 Å². The van der Waals surface area contributed by atoms with Crippen LogP contribution in [0.2, 0.25) is 0 Å². The second-order valence-corrected chi connectivity index (χ2v) is 4.38. The minimum Gasteiger partial charge on any atom is -0.461 e. The predicted octanol–water partition coefficient (Wildman–Crippen LogP) is 1.50. The van der Waals surface area contributed by atoms with Gasteiger partial charge in [0.25, 0.3) is 0 Å². The van der Waals surface area contributed by atoms with E-state index in [1.807, 2.05) is 23.9 Å². The second-order valence-electron chi connectivity index (χ2n) is 3.24. The summed E-state index contributed by atoms with van der Waals surface area (Å²) >= 11 is 1.84. The quantitative estimate of drug-likeness (QED) is 0.757. The van der Waals surface area contributed by atoms with E-state index in [1.54, 1.807) is 0 Å². The summed E-state index contributed by atoms with van der Waals surface area (Å²) in [6.07, 6.45) is 0. The summed E-state index contributed by atoms with van der Waals surface area (Å²) in [6.45, 7) is 2.13. The summed E-state index contributed by atoms with van der Waals surface area (Å²) in [5.41, 5.74) is 0. The molecule has 0 amide bonds. The fourth-order valence-electron chi connectivity index (χ4n) is 1.38. The van der Waals surface area contributed by atoms with Crippen molar-refractivity contribution in [2.45, 2.75) is 24.9 Å². The molecule has 0 saturated carbocycles. The Morgan fingerprint density at radius 1 is 1.69 bits per heavy atom. The minimum absolute atomic E-state index is 0.0209. The van der Waals surface area contributed by atoms with Gasteiger partial charge in [0.1, 0.15) is 23.5 Å². The van der Waals surface area contributed by atoms with Crippen molar-refractivity contribution in [3.05, 3.63) is 23.7 Å². The first-order valence-corrected chi connectivity index (χ1v) is 5.41. The third-order valence-corrected chi connectivity index (χ3v) is 3.44. The van der Waals surface area contributed by atoms with E-state index in [9.17, 15) is 0 Å². The van der Waals surface area contributed by atoms with E-state index >= 15 is 0 Å². The first kappa shape index (κ1) is 9.12. The topological polar surface area (TPSA) is 45.4 Å². The van der Waals surface area contributed by atoms with Gasteiger partial charge in [0.15, 0.2) is 0 Å². The number of aliphatic hydroxyl groups is 1. The summed E-state index contributed by atoms with van der Waals surface area (Å²) < 4.78 is 5.43. The minimum atomic E-state index is -0.0209. The van der Waals surface area contributed by atoms with Crippen LogP contribution in [0.15, 0.2) is 16.5 Å². The molecule has 0 aromatic carbocycles. The van der Waals surface area contributed by atoms with Crippen LogP contribution < -0.4 is 5.32 Å². The van der Waals surface area contributed by atoms with Gasteiger partial charge in [-0.2, -0.15) is 0 Å². The van der Waals surface area contributed by atoms with Gasteiger partial charge in [-0.15, -0.1) is 11.8 Å². The van der Waals surface area contributed by atoms with Crippen molar-refractivity contribution in [1.29, 1.82) is 0 Å². The molecule has 2 atom stereocenters. The van der Waals surface area contributed by atoms with Gasteiger partial charge in [-0.1, -0.05) is 0 Å². The standard InChI is InChI=1S/C9H13NO2S/c1-6-5-13-9(10-6)8-3-2-7(4-11)12-8/h2-3,6,9-11H,4-5H2,1H3. The Hall–Kier alpha value is -0.450. The lowest BCUT2D eigenvalue weighted by atomic mass is 10.3. The molecule has 1 aliphatic heterocycles. The number of nitrogens with one attached hydrogen (secondary N) is 1. The van der Waals surface area contributed by atoms with Crippen LogP contribution in [0.1, 0.15) is 23.8 Å². The molecule has 2 N–H and O–H groups in total. The molecule has 72 valence electrons. The van der Waals surface area contributed by atoms with Gasteiger partial charge in [-0.25, -0.2) is 0 Å². The fourth-order valence-corrected chi connectivity index (χ4v) is 2.58. The summed E-state index contributed by atoms with van der Waals surface area (Å²) in [5.74, 6) is 2.66. The highest BCUT2D eigenvalue weighted by Crippen LogP contribution is 2.33. The molecule has 1 saturated heterocycles. The van der Waals surface area contributed by atoms with Gasteiger partial charge < -0.3 is 9.52 Å². The highest BCUT2D eigenvalue weighted by molar-refractivity contribution is 7.99. The SMILES string of the molecule is CC1CSC(c2ccc(CO)o2)N1. The molecule has 4 heteroatoms. The van der Waals surface area contributed by atoms with E-state index in [0.29, 0.717) is 11.8 Å². The van der Waals surface area contributed by atoms with Crippen molar-refractivity contribution in [3.8, 4) is 0 Å². The fraction of sp³-hybridized carbons (Fsp3) is 0.556. The average Bonchev–Trinajstić information content (AvgIpc) is 2.71. The molecule has 3 nitrogen and oxygen atoms in total. The van der Waals surface area contributed by atoms with E-state index in [-0.39, 0.29) is 12.0 Å². The van der Waals surface area contributed by atoms with E-state index in [2.05, 4.69) is 12.2 Å². The van der Waals surface area contributed by atoms with E-state index in [0.717, 1.165) is 11.5 Å². The molecule has 0 radical (unpaired) electrons. The Bertz CT molecular complexity index is 287. The highest BCUT2D eigenvalue weighted by Gasteiger charge is 2.24. The zero-order valence-corrected chi connectivity index (χ0v) is 8.30. The van der Waals surface area contributed by atoms with Gasteiger partial charge in [-0.05, 0) is 19.1 Å². The first-order chi connectivity index (χ1) is 6.29. The zero-order valence-electron chi connectivity index (χ0n) is 7.49. The van der Waals surface area contributed by atoms with Crippen LogP contribution in [0.3, 0.4) is 0 Å². The van der Waals surface area contributed by atoms with Gasteiger partial charge >= 0.3 is 0 Å². The zero-order chi connectivity index (χ0) is 9.26. The molecule has 1 aromatic rings. The molecule has 1 aromatic heterocycles. The van der Waals surface area contributed by atoms with Gasteiger partial charge in [0.05, 0.1) is 0 Å². The number of thioether (sulfide) groups is 1. The maximum atomic E-state index is 8.82. The largest absolute Gasteiger partial charge is 0.461 e. The van der Waals surface area contributed by atoms with Gasteiger partial charge in [0, 0.05) is 11.8 Å². The predicted molar refractivity (Wildman–Crippen MR) is 52.4 cm³/mol. The molecule has 0 bridgehead atoms. The molecule has 13 heavy (non-hydrogen) atoms. The third-order valence-electron chi connectivity index (χ3n) is 2.05. The number of rotatable bonds is 2. The second kappa shape index (κ2) is 3.74. The maximum absolute atomic E-state index is 8.82. The van der Waals surface area contributed by atoms with E-state index in [4.69, 9.17) is 9.52 Å². The van der Waals surface area contributed by atoms with E-state index in [1.165, 1.54) is 0 Å². The van der Waals surface area contributed by atoms with Crippen LogP contribution in [0.5, 0.6) is 0 Å². The van der Waals surface area contributed by atoms with Crippen molar-refractivity contribution in [1.82, 2.24) is 5.32 Å². The number of hydrogen-bond acceptors (Lipinski definition) is 4. The van der Waals surface area contributed by atoms with Crippen LogP contribution in [-0.2, 0) is 6.61 Å². The van der Waals surface area contributed by atoms with Crippen molar-refractivity contribution in [2.24, 2.45) is 0 Å². The number of aliphatic hydroxyl groups excluding tert-OH is 1. The van der Waals surface area contributed by atoms with E-state index < -0.39 is 0 Å². The molecule has 1 fully saturated rings. The van der Waals surface area contributed by atoms with Crippen molar-refractivity contribution < 1.29 is 9.52 Å². The van der Waals surface area contributed by atoms with Crippen molar-refractivity contribution in [2.75, 3.05) is 5.75 Å². The normalized spacial score (nSPS) is 28.2. The Morgan fingerprint density at radius 3 is 3.08 bits per heavy atom. The Balaban J connectivity index is 2.08. The van der Waals surface area contributed by atoms with Gasteiger partial charge in [-0.3, -0.25) is 5.32 Å². The molecule has 2 unspecified atom stereocenters. The Kier molecular flexibility index (Phi) is 2.62. The molecule has 2 heterocycles. The molecule has 0 spiro atoms. The molecule has 2 rings (SSSR count). The Labute approximate surface area is 81.5 Å². The monoisotopic (exact) mass is 199 g/mol. The summed E-state index contributed by atoms with van der Waals surface area (Å²) in [4.78, 5) is 0. The van der Waals surface area contributed by atoms with Crippen LogP contribution >= 0.6 is 11.8 Å². The molecule has 1 aliphatic rings. The molecular weight excluding hydrogens is 186 g/mol. The summed E-state index contributed by atoms with van der Waals surface area (Å²) in [6, 6.07) is 4.28. The lowest BCUT2D eigenvalue weighted by Crippen LogP contribution is -2.21. The van der Waals surface area contributed by atoms with Crippen LogP contribution in [-0.4, -0.2) is 16.9 Å². The number of hydrogen-bond donors (Lipinski definition) is 2. The molecule has 0 aliphatic carbocycles. The molecular formula is C9H13NO2S. The summed E-state index contributed by atoms with van der Waals surface area (Å²) in [5, 5.41) is 12.5. The smallest absolute Gasteiger partial charge is 0.131 e. The number of furan rings is 1. The van der Waals surface area contributed by atoms with Crippen molar-refractivity contribution in [3.63, 3.8) is 0 Å². The summed E-state index contributed by atoms with van der Waals surface area (Å²) in [7, 11) is 0. The maximum Gasteiger partial charge on any atom is 0.131 e. The lowest BCUT2D eigenvalue weighted by Gasteiger charge is -2.06.